The van der Waals surface area contributed by atoms with E-state index in [1.165, 1.54) is 44.9 Å². The molecule has 0 spiro atoms. The van der Waals surface area contributed by atoms with Gasteiger partial charge in [0.15, 0.2) is 0 Å². The summed E-state index contributed by atoms with van der Waals surface area (Å²) >= 11 is 0. The zero-order valence-corrected chi connectivity index (χ0v) is 23.9. The van der Waals surface area contributed by atoms with Gasteiger partial charge in [-0.05, 0) is 73.5 Å². The van der Waals surface area contributed by atoms with Gasteiger partial charge in [0, 0.05) is 31.7 Å². The van der Waals surface area contributed by atoms with Gasteiger partial charge >= 0.3 is 0 Å². The monoisotopic (exact) mass is 553 g/mol. The third kappa shape index (κ3) is 6.24. The third-order valence-corrected chi connectivity index (χ3v) is 11.0. The molecule has 1 amide bonds. The summed E-state index contributed by atoms with van der Waals surface area (Å²) in [5, 5.41) is 10.5. The van der Waals surface area contributed by atoms with Crippen molar-refractivity contribution in [1.29, 1.82) is 0 Å². The first-order valence-corrected chi connectivity index (χ1v) is 16.1. The van der Waals surface area contributed by atoms with Gasteiger partial charge in [-0.2, -0.15) is 0 Å². The van der Waals surface area contributed by atoms with Crippen LogP contribution in [0.5, 0.6) is 0 Å². The lowest BCUT2D eigenvalue weighted by atomic mass is 9.63. The zero-order valence-electron chi connectivity index (χ0n) is 23.1. The van der Waals surface area contributed by atoms with Crippen molar-refractivity contribution in [2.75, 3.05) is 20.2 Å². The Labute approximate surface area is 233 Å². The summed E-state index contributed by atoms with van der Waals surface area (Å²) in [5.41, 5.74) is 1.85. The van der Waals surface area contributed by atoms with Crippen LogP contribution in [0.4, 0.5) is 0 Å². The van der Waals surface area contributed by atoms with Crippen LogP contribution in [0.2, 0.25) is 0 Å². The van der Waals surface area contributed by atoms with E-state index in [1.807, 2.05) is 6.07 Å². The maximum absolute atomic E-state index is 13.3. The second kappa shape index (κ2) is 12.5. The Hall–Kier alpha value is -2.26. The normalized spacial score (nSPS) is 26.4. The number of fused-ring (bicyclic) bond motifs is 1. The predicted molar refractivity (Wildman–Crippen MR) is 152 cm³/mol. The van der Waals surface area contributed by atoms with E-state index in [4.69, 9.17) is 4.74 Å². The molecule has 1 saturated carbocycles. The van der Waals surface area contributed by atoms with Crippen molar-refractivity contribution in [3.05, 3.63) is 59.7 Å². The molecule has 3 aliphatic rings. The van der Waals surface area contributed by atoms with Gasteiger partial charge in [-0.1, -0.05) is 56.4 Å². The van der Waals surface area contributed by atoms with Gasteiger partial charge in [0.1, 0.15) is 0 Å². The van der Waals surface area contributed by atoms with Crippen molar-refractivity contribution in [1.82, 2.24) is 16.0 Å². The van der Waals surface area contributed by atoms with Crippen LogP contribution >= 0.6 is 0 Å². The molecule has 0 radical (unpaired) electrons. The Morgan fingerprint density at radius 3 is 2.46 bits per heavy atom. The van der Waals surface area contributed by atoms with E-state index in [9.17, 15) is 13.2 Å². The molecule has 212 valence electrons. The predicted octanol–water partition coefficient (Wildman–Crippen LogP) is 4.35. The number of piperidine rings is 1. The molecule has 2 aliphatic heterocycles. The summed E-state index contributed by atoms with van der Waals surface area (Å²) < 4.78 is 31.4. The molecule has 2 heterocycles. The fourth-order valence-corrected chi connectivity index (χ4v) is 8.45. The highest BCUT2D eigenvalue weighted by atomic mass is 32.2. The fraction of sp³-hybridized carbons (Fsp3) is 0.581. The SMILES string of the molecule is COCc1cccc(S(=O)(=O)c2ccc(CNC(=O)C3CC4(C5CCCCCCC5)CNCCC4N3)cc2)c1. The minimum atomic E-state index is -3.63. The Morgan fingerprint density at radius 1 is 0.974 bits per heavy atom. The van der Waals surface area contributed by atoms with E-state index in [-0.39, 0.29) is 27.2 Å². The Bertz CT molecular complexity index is 1220. The minimum absolute atomic E-state index is 0.0428. The molecule has 1 aliphatic carbocycles. The van der Waals surface area contributed by atoms with Crippen molar-refractivity contribution in [3.8, 4) is 0 Å². The van der Waals surface area contributed by atoms with Crippen molar-refractivity contribution >= 4 is 15.7 Å². The van der Waals surface area contributed by atoms with Gasteiger partial charge in [0.05, 0.1) is 22.4 Å². The molecule has 0 aromatic heterocycles. The lowest BCUT2D eigenvalue weighted by Gasteiger charge is -2.46. The van der Waals surface area contributed by atoms with Gasteiger partial charge in [-0.25, -0.2) is 8.42 Å². The zero-order chi connectivity index (χ0) is 27.3. The largest absolute Gasteiger partial charge is 0.380 e. The number of sulfone groups is 1. The van der Waals surface area contributed by atoms with Crippen LogP contribution in [0.3, 0.4) is 0 Å². The number of rotatable bonds is 8. The molecule has 7 nitrogen and oxygen atoms in total. The molecule has 2 aromatic carbocycles. The number of methoxy groups -OCH3 is 1. The lowest BCUT2D eigenvalue weighted by molar-refractivity contribution is -0.123. The van der Waals surface area contributed by atoms with Crippen molar-refractivity contribution < 1.29 is 17.9 Å². The van der Waals surface area contributed by atoms with Crippen LogP contribution in [-0.2, 0) is 32.5 Å². The first-order chi connectivity index (χ1) is 18.9. The fourth-order valence-electron chi connectivity index (χ4n) is 7.12. The van der Waals surface area contributed by atoms with E-state index in [2.05, 4.69) is 16.0 Å². The van der Waals surface area contributed by atoms with Crippen LogP contribution in [0.1, 0.15) is 68.9 Å². The molecular weight excluding hydrogens is 510 g/mol. The van der Waals surface area contributed by atoms with Crippen LogP contribution in [-0.4, -0.2) is 46.6 Å². The maximum Gasteiger partial charge on any atom is 0.237 e. The highest BCUT2D eigenvalue weighted by Crippen LogP contribution is 2.48. The first kappa shape index (κ1) is 28.3. The van der Waals surface area contributed by atoms with E-state index in [0.717, 1.165) is 37.1 Å². The van der Waals surface area contributed by atoms with Gasteiger partial charge in [-0.15, -0.1) is 0 Å². The number of carbonyl (C=O) groups excluding carboxylic acids is 1. The van der Waals surface area contributed by atoms with Crippen molar-refractivity contribution in [2.45, 2.75) is 92.8 Å². The van der Waals surface area contributed by atoms with Crippen molar-refractivity contribution in [3.63, 3.8) is 0 Å². The van der Waals surface area contributed by atoms with E-state index < -0.39 is 9.84 Å². The number of amides is 1. The smallest absolute Gasteiger partial charge is 0.237 e. The summed E-state index contributed by atoms with van der Waals surface area (Å²) in [7, 11) is -2.05. The average Bonchev–Trinajstić information content (AvgIpc) is 3.33. The Morgan fingerprint density at radius 2 is 1.72 bits per heavy atom. The quantitative estimate of drug-likeness (QED) is 0.450. The number of hydrogen-bond donors (Lipinski definition) is 3. The number of ether oxygens (including phenoxy) is 1. The molecule has 3 fully saturated rings. The third-order valence-electron chi connectivity index (χ3n) is 9.20. The van der Waals surface area contributed by atoms with Crippen molar-refractivity contribution in [2.24, 2.45) is 11.3 Å². The maximum atomic E-state index is 13.3. The highest BCUT2D eigenvalue weighted by Gasteiger charge is 2.53. The number of hydrogen-bond acceptors (Lipinski definition) is 6. The van der Waals surface area contributed by atoms with E-state index in [0.29, 0.717) is 25.1 Å². The lowest BCUT2D eigenvalue weighted by Crippen LogP contribution is -2.54. The molecule has 3 unspecified atom stereocenters. The molecule has 0 bridgehead atoms. The number of nitrogens with one attached hydrogen (secondary N) is 3. The summed E-state index contributed by atoms with van der Waals surface area (Å²) in [4.78, 5) is 13.8. The molecule has 3 atom stereocenters. The number of carbonyl (C=O) groups is 1. The average molecular weight is 554 g/mol. The molecule has 39 heavy (non-hydrogen) atoms. The summed E-state index contributed by atoms with van der Waals surface area (Å²) in [5.74, 6) is 0.715. The molecule has 3 N–H and O–H groups in total. The van der Waals surface area contributed by atoms with Gasteiger partial charge < -0.3 is 20.7 Å². The van der Waals surface area contributed by atoms with Crippen LogP contribution in [0.25, 0.3) is 0 Å². The molecule has 5 rings (SSSR count). The standard InChI is InChI=1S/C31H43N3O4S/c1-38-21-24-8-7-11-27(18-24)39(36,37)26-14-12-23(13-15-26)20-33-30(35)28-19-31(22-32-17-16-29(31)34-28)25-9-5-3-2-4-6-10-25/h7-8,11-15,18,25,28-29,32,34H,2-6,9-10,16-17,19-22H2,1H3,(H,33,35). The summed E-state index contributed by atoms with van der Waals surface area (Å²) in [6, 6.07) is 13.9. The van der Waals surface area contributed by atoms with E-state index >= 15 is 0 Å². The van der Waals surface area contributed by atoms with Gasteiger partial charge in [0.25, 0.3) is 0 Å². The Kier molecular flexibility index (Phi) is 9.06. The van der Waals surface area contributed by atoms with Gasteiger partial charge in [0.2, 0.25) is 15.7 Å². The Balaban J connectivity index is 1.21. The van der Waals surface area contributed by atoms with Crippen LogP contribution in [0.15, 0.2) is 58.3 Å². The second-order valence-corrected chi connectivity index (χ2v) is 13.6. The number of benzene rings is 2. The minimum Gasteiger partial charge on any atom is -0.380 e. The first-order valence-electron chi connectivity index (χ1n) is 14.6. The van der Waals surface area contributed by atoms with Crippen LogP contribution < -0.4 is 16.0 Å². The van der Waals surface area contributed by atoms with Crippen LogP contribution in [0, 0.1) is 11.3 Å². The summed E-state index contributed by atoms with van der Waals surface area (Å²) in [6.45, 7) is 2.74. The topological polar surface area (TPSA) is 96.5 Å². The molecule has 2 aromatic rings. The van der Waals surface area contributed by atoms with Gasteiger partial charge in [-0.3, -0.25) is 4.79 Å². The molecular formula is C31H43N3O4S. The molecule has 8 heteroatoms. The highest BCUT2D eigenvalue weighted by molar-refractivity contribution is 7.91. The van der Waals surface area contributed by atoms with E-state index in [1.54, 1.807) is 49.6 Å². The summed E-state index contributed by atoms with van der Waals surface area (Å²) in [6.07, 6.45) is 11.2. The second-order valence-electron chi connectivity index (χ2n) is 11.7. The molecule has 2 saturated heterocycles.